The first-order chi connectivity index (χ1) is 11.3. The highest BCUT2D eigenvalue weighted by molar-refractivity contribution is 6.18. The van der Waals surface area contributed by atoms with Crippen molar-refractivity contribution in [2.24, 2.45) is 0 Å². The predicted octanol–water partition coefficient (Wildman–Crippen LogP) is 1.50. The van der Waals surface area contributed by atoms with Crippen molar-refractivity contribution in [2.45, 2.75) is 18.9 Å². The molecule has 0 fully saturated rings. The van der Waals surface area contributed by atoms with E-state index in [4.69, 9.17) is 21.4 Å². The fourth-order valence-electron chi connectivity index (χ4n) is 2.19. The zero-order valence-electron chi connectivity index (χ0n) is 12.7. The number of esters is 1. The van der Waals surface area contributed by atoms with Crippen LogP contribution in [-0.4, -0.2) is 51.8 Å². The third-order valence-corrected chi connectivity index (χ3v) is 3.61. The summed E-state index contributed by atoms with van der Waals surface area (Å²) in [5, 5.41) is 28.3. The normalized spacial score (nSPS) is 11.6. The molecule has 1 aromatic rings. The molecule has 0 saturated carbocycles. The topological polar surface area (TPSA) is 121 Å². The molecule has 8 heteroatoms. The van der Waals surface area contributed by atoms with Crippen molar-refractivity contribution in [1.82, 2.24) is 0 Å². The van der Waals surface area contributed by atoms with Gasteiger partial charge in [0.2, 0.25) is 0 Å². The molecule has 1 atom stereocenters. The maximum atomic E-state index is 11.5. The maximum absolute atomic E-state index is 11.5. The van der Waals surface area contributed by atoms with E-state index >= 15 is 0 Å². The number of carbonyl (C=O) groups is 3. The minimum absolute atomic E-state index is 0.0414. The lowest BCUT2D eigenvalue weighted by Crippen LogP contribution is -2.20. The highest BCUT2D eigenvalue weighted by Gasteiger charge is 2.24. The summed E-state index contributed by atoms with van der Waals surface area (Å²) in [5.41, 5.74) is -0.172. The number of hydrogen-bond donors (Lipinski definition) is 3. The lowest BCUT2D eigenvalue weighted by molar-refractivity contribution is -0.137. The van der Waals surface area contributed by atoms with Gasteiger partial charge in [-0.2, -0.15) is 0 Å². The van der Waals surface area contributed by atoms with Crippen LogP contribution in [0.15, 0.2) is 24.8 Å². The zero-order chi connectivity index (χ0) is 18.3. The summed E-state index contributed by atoms with van der Waals surface area (Å²) in [7, 11) is 0. The molecular weight excluding hydrogens is 340 g/mol. The lowest BCUT2D eigenvalue weighted by Gasteiger charge is -2.17. The third-order valence-electron chi connectivity index (χ3n) is 3.25. The number of halogens is 1. The SMILES string of the molecule is C=CC(=O)OCCc1ccc(C(=O)O)c(C(=O)O)c1CC(O)CCl. The van der Waals surface area contributed by atoms with E-state index in [-0.39, 0.29) is 36.5 Å². The van der Waals surface area contributed by atoms with Crippen molar-refractivity contribution in [1.29, 1.82) is 0 Å². The second-order valence-corrected chi connectivity index (χ2v) is 5.18. The van der Waals surface area contributed by atoms with Crippen LogP contribution in [0.2, 0.25) is 0 Å². The number of benzene rings is 1. The van der Waals surface area contributed by atoms with E-state index in [1.807, 2.05) is 0 Å². The Balaban J connectivity index is 3.28. The number of carboxylic acids is 2. The molecule has 1 aromatic carbocycles. The molecule has 130 valence electrons. The van der Waals surface area contributed by atoms with Crippen molar-refractivity contribution < 1.29 is 34.4 Å². The summed E-state index contributed by atoms with van der Waals surface area (Å²) in [4.78, 5) is 33.8. The first-order valence-corrected chi connectivity index (χ1v) is 7.49. The van der Waals surface area contributed by atoms with E-state index in [0.29, 0.717) is 5.56 Å². The van der Waals surface area contributed by atoms with E-state index in [2.05, 4.69) is 6.58 Å². The summed E-state index contributed by atoms with van der Waals surface area (Å²) < 4.78 is 4.85. The molecule has 0 saturated heterocycles. The fourth-order valence-corrected chi connectivity index (χ4v) is 2.30. The van der Waals surface area contributed by atoms with Crippen molar-refractivity contribution in [3.05, 3.63) is 47.0 Å². The molecule has 0 aromatic heterocycles. The van der Waals surface area contributed by atoms with Crippen LogP contribution in [-0.2, 0) is 22.4 Å². The molecule has 24 heavy (non-hydrogen) atoms. The Bertz CT molecular complexity index is 654. The number of carboxylic acid groups (broad SMARTS) is 2. The molecule has 1 unspecified atom stereocenters. The van der Waals surface area contributed by atoms with Crippen molar-refractivity contribution in [3.63, 3.8) is 0 Å². The standard InChI is InChI=1S/C16H17ClO7/c1-2-13(19)24-6-5-9-3-4-11(15(20)21)14(16(22)23)12(9)7-10(18)8-17/h2-4,10,18H,1,5-8H2,(H,20,21)(H,22,23). The highest BCUT2D eigenvalue weighted by Crippen LogP contribution is 2.23. The number of rotatable bonds is 9. The van der Waals surface area contributed by atoms with Crippen LogP contribution in [0.25, 0.3) is 0 Å². The van der Waals surface area contributed by atoms with Crippen LogP contribution < -0.4 is 0 Å². The van der Waals surface area contributed by atoms with E-state index in [1.54, 1.807) is 0 Å². The predicted molar refractivity (Wildman–Crippen MR) is 85.7 cm³/mol. The van der Waals surface area contributed by atoms with Gasteiger partial charge in [0.05, 0.1) is 23.8 Å². The average molecular weight is 357 g/mol. The molecule has 0 aliphatic rings. The number of alkyl halides is 1. The van der Waals surface area contributed by atoms with Crippen LogP contribution in [0.4, 0.5) is 0 Å². The number of carbonyl (C=O) groups excluding carboxylic acids is 1. The lowest BCUT2D eigenvalue weighted by atomic mass is 9.91. The molecule has 0 spiro atoms. The monoisotopic (exact) mass is 356 g/mol. The smallest absolute Gasteiger partial charge is 0.336 e. The molecule has 3 N–H and O–H groups in total. The minimum atomic E-state index is -1.42. The van der Waals surface area contributed by atoms with E-state index in [1.165, 1.54) is 12.1 Å². The van der Waals surface area contributed by atoms with Gasteiger partial charge < -0.3 is 20.1 Å². The van der Waals surface area contributed by atoms with Crippen LogP contribution in [0, 0.1) is 0 Å². The van der Waals surface area contributed by atoms with Crippen LogP contribution in [0.5, 0.6) is 0 Å². The molecule has 0 aliphatic carbocycles. The molecule has 1 rings (SSSR count). The van der Waals surface area contributed by atoms with Crippen LogP contribution >= 0.6 is 11.6 Å². The van der Waals surface area contributed by atoms with E-state index in [9.17, 15) is 24.6 Å². The second-order valence-electron chi connectivity index (χ2n) is 4.87. The Morgan fingerprint density at radius 1 is 1.25 bits per heavy atom. The van der Waals surface area contributed by atoms with Gasteiger partial charge in [0.1, 0.15) is 0 Å². The van der Waals surface area contributed by atoms with Gasteiger partial charge in [0.15, 0.2) is 0 Å². The first kappa shape index (κ1) is 19.7. The van der Waals surface area contributed by atoms with Crippen molar-refractivity contribution in [3.8, 4) is 0 Å². The van der Waals surface area contributed by atoms with Gasteiger partial charge in [-0.1, -0.05) is 12.6 Å². The van der Waals surface area contributed by atoms with Gasteiger partial charge in [0.25, 0.3) is 0 Å². The average Bonchev–Trinajstić information content (AvgIpc) is 2.54. The van der Waals surface area contributed by atoms with Gasteiger partial charge in [-0.25, -0.2) is 14.4 Å². The molecule has 0 aliphatic heterocycles. The first-order valence-electron chi connectivity index (χ1n) is 6.96. The fraction of sp³-hybridized carbons (Fsp3) is 0.312. The van der Waals surface area contributed by atoms with E-state index in [0.717, 1.165) is 6.08 Å². The molecular formula is C16H17ClO7. The molecule has 7 nitrogen and oxygen atoms in total. The maximum Gasteiger partial charge on any atom is 0.336 e. The number of aromatic carboxylic acids is 2. The number of ether oxygens (including phenoxy) is 1. The quantitative estimate of drug-likeness (QED) is 0.348. The summed E-state index contributed by atoms with van der Waals surface area (Å²) >= 11 is 5.56. The summed E-state index contributed by atoms with van der Waals surface area (Å²) in [6.07, 6.45) is -0.0154. The summed E-state index contributed by atoms with van der Waals surface area (Å²) in [6, 6.07) is 2.61. The third kappa shape index (κ3) is 5.07. The highest BCUT2D eigenvalue weighted by atomic mass is 35.5. The van der Waals surface area contributed by atoms with Gasteiger partial charge >= 0.3 is 17.9 Å². The Morgan fingerprint density at radius 2 is 1.92 bits per heavy atom. The Morgan fingerprint density at radius 3 is 2.42 bits per heavy atom. The molecule has 0 radical (unpaired) electrons. The van der Waals surface area contributed by atoms with Crippen molar-refractivity contribution >= 4 is 29.5 Å². The summed E-state index contributed by atoms with van der Waals surface area (Å²) in [5.74, 6) is -3.58. The van der Waals surface area contributed by atoms with Gasteiger partial charge in [0, 0.05) is 24.8 Å². The van der Waals surface area contributed by atoms with Crippen LogP contribution in [0.3, 0.4) is 0 Å². The van der Waals surface area contributed by atoms with Crippen molar-refractivity contribution in [2.75, 3.05) is 12.5 Å². The zero-order valence-corrected chi connectivity index (χ0v) is 13.5. The molecule has 0 bridgehead atoms. The molecule has 0 amide bonds. The largest absolute Gasteiger partial charge is 0.478 e. The minimum Gasteiger partial charge on any atom is -0.478 e. The van der Waals surface area contributed by atoms with E-state index < -0.39 is 29.6 Å². The van der Waals surface area contributed by atoms with Gasteiger partial charge in [-0.05, 0) is 17.2 Å². The number of aliphatic hydroxyl groups excluding tert-OH is 1. The Hall–Kier alpha value is -2.38. The Kier molecular flexibility index (Phi) is 7.41. The molecule has 0 heterocycles. The van der Waals surface area contributed by atoms with Crippen LogP contribution in [0.1, 0.15) is 31.8 Å². The van der Waals surface area contributed by atoms with Gasteiger partial charge in [-0.3, -0.25) is 0 Å². The summed E-state index contributed by atoms with van der Waals surface area (Å²) in [6.45, 7) is 3.22. The second kappa shape index (κ2) is 9.05. The van der Waals surface area contributed by atoms with Gasteiger partial charge in [-0.15, -0.1) is 11.6 Å². The Labute approximate surface area is 143 Å². The number of hydrogen-bond acceptors (Lipinski definition) is 5. The number of aliphatic hydroxyl groups is 1.